The minimum absolute atomic E-state index is 0.0267. The number of rotatable bonds is 14. The number of urea groups is 1. The predicted octanol–water partition coefficient (Wildman–Crippen LogP) is 9.02. The molecule has 2 aliphatic heterocycles. The molecule has 16 nitrogen and oxygen atoms in total. The van der Waals surface area contributed by atoms with Crippen LogP contribution in [0.1, 0.15) is 59.4 Å². The first-order valence-corrected chi connectivity index (χ1v) is 24.3. The van der Waals surface area contributed by atoms with Gasteiger partial charge in [0.15, 0.2) is 11.5 Å². The number of hydrogen-bond donors (Lipinski definition) is 4. The molecule has 4 N–H and O–H groups in total. The zero-order valence-corrected chi connectivity index (χ0v) is 41.0. The lowest BCUT2D eigenvalue weighted by Gasteiger charge is -2.37. The molecule has 0 bridgehead atoms. The van der Waals surface area contributed by atoms with Crippen molar-refractivity contribution in [3.63, 3.8) is 0 Å². The molecule has 2 saturated heterocycles. The number of carbonyl (C=O) groups is 2. The maximum absolute atomic E-state index is 15.0. The Bertz CT molecular complexity index is 2970. The van der Waals surface area contributed by atoms with Gasteiger partial charge in [-0.2, -0.15) is 0 Å². The van der Waals surface area contributed by atoms with Crippen LogP contribution in [0.15, 0.2) is 120 Å². The molecule has 0 unspecified atom stereocenters. The van der Waals surface area contributed by atoms with Crippen LogP contribution in [-0.2, 0) is 13.1 Å². The zero-order valence-electron chi connectivity index (χ0n) is 41.0. The van der Waals surface area contributed by atoms with Crippen molar-refractivity contribution in [1.82, 2.24) is 45.0 Å². The summed E-state index contributed by atoms with van der Waals surface area (Å²) in [5.74, 6) is -0.172. The Balaban J connectivity index is 0.925. The highest BCUT2D eigenvalue weighted by Crippen LogP contribution is 2.43. The standard InChI is InChI=1S/C55H61N11O5/c1-6-57-53(69)51-50(52(71-61-51)45-31-44(36(2)3)48(67)32-49(45)68)40-14-10-38(11-15-40)34-64-26-28-65(29-27-64)55(70)66(54-58-21-19-46(60-54)41-8-7-20-56-33-41)47-30-43(16-9-37(47)4)59-42-17-12-39(13-18-42)35-63-24-22-62(5)23-25-63/h7-21,30-33,36,59,67-68H,6,22-29,34-35H2,1-5H3,(H,57,69). The molecule has 2 aliphatic rings. The molecule has 3 amide bonds. The number of benzene rings is 4. The van der Waals surface area contributed by atoms with Crippen molar-refractivity contribution in [2.24, 2.45) is 0 Å². The second-order valence-electron chi connectivity index (χ2n) is 18.6. The van der Waals surface area contributed by atoms with Crippen LogP contribution < -0.4 is 15.5 Å². The van der Waals surface area contributed by atoms with Crippen LogP contribution in [0.4, 0.5) is 27.8 Å². The summed E-state index contributed by atoms with van der Waals surface area (Å²) >= 11 is 0. The predicted molar refractivity (Wildman–Crippen MR) is 276 cm³/mol. The van der Waals surface area contributed by atoms with Gasteiger partial charge in [0.2, 0.25) is 5.95 Å². The normalized spacial score (nSPS) is 14.7. The van der Waals surface area contributed by atoms with Crippen molar-refractivity contribution < 1.29 is 24.3 Å². The van der Waals surface area contributed by atoms with Crippen molar-refractivity contribution in [3.05, 3.63) is 144 Å². The second kappa shape index (κ2) is 21.5. The smallest absolute Gasteiger partial charge is 0.331 e. The summed E-state index contributed by atoms with van der Waals surface area (Å²) in [7, 11) is 2.17. The van der Waals surface area contributed by atoms with E-state index in [4.69, 9.17) is 14.5 Å². The number of aromatic nitrogens is 4. The number of pyridine rings is 1. The molecule has 0 saturated carbocycles. The van der Waals surface area contributed by atoms with Gasteiger partial charge in [0.25, 0.3) is 5.91 Å². The number of hydrogen-bond acceptors (Lipinski definition) is 13. The first-order chi connectivity index (χ1) is 34.4. The fraction of sp³-hybridized carbons (Fsp3) is 0.309. The van der Waals surface area contributed by atoms with Crippen LogP contribution in [0.25, 0.3) is 33.7 Å². The number of carbonyl (C=O) groups excluding carboxylic acids is 2. The van der Waals surface area contributed by atoms with E-state index in [-0.39, 0.29) is 40.9 Å². The van der Waals surface area contributed by atoms with Gasteiger partial charge in [-0.25, -0.2) is 19.7 Å². The summed E-state index contributed by atoms with van der Waals surface area (Å²) in [5.41, 5.74) is 9.26. The minimum atomic E-state index is -0.403. The van der Waals surface area contributed by atoms with E-state index >= 15 is 0 Å². The minimum Gasteiger partial charge on any atom is -0.508 e. The van der Waals surface area contributed by atoms with Crippen molar-refractivity contribution in [3.8, 4) is 45.2 Å². The lowest BCUT2D eigenvalue weighted by atomic mass is 9.94. The number of phenolic OH excluding ortho intramolecular Hbond substituents is 2. The Morgan fingerprint density at radius 1 is 0.775 bits per heavy atom. The number of amides is 3. The van der Waals surface area contributed by atoms with Crippen molar-refractivity contribution >= 4 is 34.9 Å². The van der Waals surface area contributed by atoms with Gasteiger partial charge in [0, 0.05) is 114 Å². The van der Waals surface area contributed by atoms with Gasteiger partial charge < -0.3 is 35.2 Å². The monoisotopic (exact) mass is 955 g/mol. The Hall–Kier alpha value is -7.66. The largest absolute Gasteiger partial charge is 0.508 e. The molecular weight excluding hydrogens is 895 g/mol. The Labute approximate surface area is 414 Å². The summed E-state index contributed by atoms with van der Waals surface area (Å²) < 4.78 is 5.79. The topological polar surface area (TPSA) is 180 Å². The number of likely N-dealkylation sites (N-methyl/N-ethyl adjacent to an activating group) is 1. The quantitative estimate of drug-likeness (QED) is 0.0812. The maximum Gasteiger partial charge on any atom is 0.331 e. The van der Waals surface area contributed by atoms with E-state index in [1.54, 1.807) is 29.6 Å². The van der Waals surface area contributed by atoms with Crippen LogP contribution in [0.5, 0.6) is 11.5 Å². The number of nitrogens with zero attached hydrogens (tertiary/aromatic N) is 9. The average molecular weight is 956 g/mol. The Morgan fingerprint density at radius 3 is 2.11 bits per heavy atom. The number of nitrogens with one attached hydrogen (secondary N) is 2. The number of aromatic hydroxyl groups is 2. The van der Waals surface area contributed by atoms with Crippen LogP contribution in [0.3, 0.4) is 0 Å². The molecule has 16 heteroatoms. The van der Waals surface area contributed by atoms with Gasteiger partial charge >= 0.3 is 6.03 Å². The van der Waals surface area contributed by atoms with Gasteiger partial charge in [0.05, 0.1) is 22.5 Å². The fourth-order valence-corrected chi connectivity index (χ4v) is 9.13. The third-order valence-electron chi connectivity index (χ3n) is 13.2. The maximum atomic E-state index is 15.0. The highest BCUT2D eigenvalue weighted by Gasteiger charge is 2.31. The van der Waals surface area contributed by atoms with Gasteiger partial charge in [-0.1, -0.05) is 61.5 Å². The van der Waals surface area contributed by atoms with Crippen molar-refractivity contribution in [1.29, 1.82) is 0 Å². The third kappa shape index (κ3) is 11.0. The first-order valence-electron chi connectivity index (χ1n) is 24.3. The van der Waals surface area contributed by atoms with Crippen LogP contribution in [0, 0.1) is 6.92 Å². The highest BCUT2D eigenvalue weighted by atomic mass is 16.5. The summed E-state index contributed by atoms with van der Waals surface area (Å²) in [5, 5.41) is 32.1. The Morgan fingerprint density at radius 2 is 1.45 bits per heavy atom. The van der Waals surface area contributed by atoms with E-state index in [1.165, 1.54) is 11.6 Å². The Kier molecular flexibility index (Phi) is 14.7. The van der Waals surface area contributed by atoms with Crippen LogP contribution >= 0.6 is 0 Å². The molecule has 3 aromatic heterocycles. The molecule has 4 aromatic carbocycles. The SMILES string of the molecule is CCNC(=O)c1noc(-c2cc(C(C)C)c(O)cc2O)c1-c1ccc(CN2CCN(C(=O)N(c3nccc(-c4cccnc4)n3)c3cc(Nc4ccc(CN5CCN(C)CC5)cc4)ccc3C)CC2)cc1. The van der Waals surface area contributed by atoms with Crippen molar-refractivity contribution in [2.75, 3.05) is 76.2 Å². The molecule has 366 valence electrons. The van der Waals surface area contributed by atoms with E-state index in [9.17, 15) is 19.8 Å². The fourth-order valence-electron chi connectivity index (χ4n) is 9.13. The summed E-state index contributed by atoms with van der Waals surface area (Å²) in [6, 6.07) is 30.8. The van der Waals surface area contributed by atoms with E-state index in [1.807, 2.05) is 93.3 Å². The summed E-state index contributed by atoms with van der Waals surface area (Å²) in [6.45, 7) is 16.1. The number of anilines is 4. The molecule has 9 rings (SSSR count). The third-order valence-corrected chi connectivity index (χ3v) is 13.2. The van der Waals surface area contributed by atoms with Crippen molar-refractivity contribution in [2.45, 2.75) is 46.7 Å². The van der Waals surface area contributed by atoms with E-state index in [2.05, 4.69) is 66.8 Å². The molecule has 7 aromatic rings. The summed E-state index contributed by atoms with van der Waals surface area (Å²) in [4.78, 5) is 52.8. The first kappa shape index (κ1) is 48.4. The average Bonchev–Trinajstić information content (AvgIpc) is 3.82. The van der Waals surface area contributed by atoms with E-state index < -0.39 is 5.91 Å². The molecule has 2 fully saturated rings. The number of phenols is 2. The molecule has 5 heterocycles. The van der Waals surface area contributed by atoms with E-state index in [0.29, 0.717) is 72.9 Å². The summed E-state index contributed by atoms with van der Waals surface area (Å²) in [6.07, 6.45) is 5.14. The van der Waals surface area contributed by atoms with Gasteiger partial charge in [-0.15, -0.1) is 0 Å². The number of aryl methyl sites for hydroxylation is 1. The lowest BCUT2D eigenvalue weighted by Crippen LogP contribution is -2.52. The molecule has 71 heavy (non-hydrogen) atoms. The van der Waals surface area contributed by atoms with Gasteiger partial charge in [-0.3, -0.25) is 19.6 Å². The number of piperazine rings is 2. The van der Waals surface area contributed by atoms with Crippen LogP contribution in [-0.4, -0.2) is 128 Å². The molecule has 0 atom stereocenters. The second-order valence-corrected chi connectivity index (χ2v) is 18.6. The molecular formula is C55H61N11O5. The lowest BCUT2D eigenvalue weighted by molar-refractivity contribution is 0.0947. The van der Waals surface area contributed by atoms with Gasteiger partial charge in [0.1, 0.15) is 11.5 Å². The molecule has 0 aliphatic carbocycles. The highest BCUT2D eigenvalue weighted by molar-refractivity contribution is 6.03. The molecule has 0 radical (unpaired) electrons. The van der Waals surface area contributed by atoms with Crippen LogP contribution in [0.2, 0.25) is 0 Å². The zero-order chi connectivity index (χ0) is 49.6. The van der Waals surface area contributed by atoms with Gasteiger partial charge in [-0.05, 0) is 103 Å². The molecule has 0 spiro atoms. The van der Waals surface area contributed by atoms with E-state index in [0.717, 1.165) is 60.8 Å².